The zero-order chi connectivity index (χ0) is 17.4. The third-order valence-electron chi connectivity index (χ3n) is 4.22. The lowest BCUT2D eigenvalue weighted by molar-refractivity contribution is 0.127. The number of hydrogen-bond donors (Lipinski definition) is 3. The van der Waals surface area contributed by atoms with Gasteiger partial charge in [0, 0.05) is 36.2 Å². The fourth-order valence-corrected chi connectivity index (χ4v) is 3.13. The molecule has 8 heteroatoms. The Balaban J connectivity index is 0.00000312. The number of nitrogens with one attached hydrogen (secondary N) is 2. The van der Waals surface area contributed by atoms with Crippen molar-refractivity contribution in [3.63, 3.8) is 0 Å². The van der Waals surface area contributed by atoms with Crippen LogP contribution in [0.5, 0.6) is 0 Å². The molecule has 142 valence electrons. The standard InChI is InChI=1S/C17H25BrFN3O2.HI/c1-2-20-16(21-10-13-9-14(19)3-4-15(13)18)22-11-17(5-7-23)6-8-24-12-17;/h3-4,9,23H,2,5-8,10-12H2,1H3,(H2,20,21,22);1H. The van der Waals surface area contributed by atoms with Gasteiger partial charge in [-0.1, -0.05) is 15.9 Å². The molecule has 1 heterocycles. The van der Waals surface area contributed by atoms with Crippen molar-refractivity contribution in [3.8, 4) is 0 Å². The number of rotatable bonds is 7. The van der Waals surface area contributed by atoms with Crippen LogP contribution >= 0.6 is 39.9 Å². The van der Waals surface area contributed by atoms with Crippen molar-refractivity contribution in [2.75, 3.05) is 32.9 Å². The molecule has 0 amide bonds. The molecule has 1 unspecified atom stereocenters. The first-order valence-corrected chi connectivity index (χ1v) is 9.02. The monoisotopic (exact) mass is 529 g/mol. The predicted octanol–water partition coefficient (Wildman–Crippen LogP) is 3.05. The van der Waals surface area contributed by atoms with E-state index in [0.29, 0.717) is 32.1 Å². The van der Waals surface area contributed by atoms with Crippen LogP contribution in [0.15, 0.2) is 27.7 Å². The molecule has 1 aromatic rings. The summed E-state index contributed by atoms with van der Waals surface area (Å²) in [4.78, 5) is 4.53. The highest BCUT2D eigenvalue weighted by atomic mass is 127. The Morgan fingerprint density at radius 3 is 2.88 bits per heavy atom. The van der Waals surface area contributed by atoms with Crippen LogP contribution in [-0.2, 0) is 11.3 Å². The van der Waals surface area contributed by atoms with Gasteiger partial charge in [-0.05, 0) is 43.5 Å². The first kappa shape index (κ1) is 22.6. The van der Waals surface area contributed by atoms with E-state index in [1.165, 1.54) is 12.1 Å². The molecule has 0 aliphatic carbocycles. The highest BCUT2D eigenvalue weighted by molar-refractivity contribution is 14.0. The molecule has 1 aliphatic heterocycles. The van der Waals surface area contributed by atoms with E-state index in [-0.39, 0.29) is 41.8 Å². The molecule has 0 saturated carbocycles. The van der Waals surface area contributed by atoms with Crippen molar-refractivity contribution in [2.24, 2.45) is 10.4 Å². The lowest BCUT2D eigenvalue weighted by Gasteiger charge is -2.27. The van der Waals surface area contributed by atoms with E-state index in [0.717, 1.165) is 29.6 Å². The van der Waals surface area contributed by atoms with Crippen molar-refractivity contribution < 1.29 is 14.2 Å². The molecule has 3 N–H and O–H groups in total. The smallest absolute Gasteiger partial charge is 0.191 e. The number of aliphatic hydroxyl groups is 1. The van der Waals surface area contributed by atoms with Gasteiger partial charge in [-0.2, -0.15) is 0 Å². The molecule has 1 atom stereocenters. The first-order chi connectivity index (χ1) is 11.6. The zero-order valence-electron chi connectivity index (χ0n) is 14.4. The lowest BCUT2D eigenvalue weighted by Crippen LogP contribution is -2.44. The van der Waals surface area contributed by atoms with Crippen LogP contribution in [0.2, 0.25) is 0 Å². The number of aliphatic imine (C=N–C) groups is 1. The topological polar surface area (TPSA) is 65.9 Å². The summed E-state index contributed by atoms with van der Waals surface area (Å²) in [6, 6.07) is 4.58. The van der Waals surface area contributed by atoms with Crippen LogP contribution < -0.4 is 10.6 Å². The number of guanidine groups is 1. The molecule has 0 aromatic heterocycles. The van der Waals surface area contributed by atoms with Crippen LogP contribution in [0, 0.1) is 11.2 Å². The third-order valence-corrected chi connectivity index (χ3v) is 4.99. The molecule has 0 radical (unpaired) electrons. The fraction of sp³-hybridized carbons (Fsp3) is 0.588. The first-order valence-electron chi connectivity index (χ1n) is 8.23. The van der Waals surface area contributed by atoms with Crippen LogP contribution in [-0.4, -0.2) is 44.0 Å². The van der Waals surface area contributed by atoms with Gasteiger partial charge in [0.05, 0.1) is 13.2 Å². The van der Waals surface area contributed by atoms with Crippen LogP contribution in [0.3, 0.4) is 0 Å². The van der Waals surface area contributed by atoms with Gasteiger partial charge in [0.2, 0.25) is 0 Å². The van der Waals surface area contributed by atoms with Crippen molar-refractivity contribution in [3.05, 3.63) is 34.1 Å². The average molecular weight is 530 g/mol. The number of halogens is 3. The Labute approximate surface area is 174 Å². The summed E-state index contributed by atoms with van der Waals surface area (Å²) < 4.78 is 19.7. The molecular weight excluding hydrogens is 504 g/mol. The quantitative estimate of drug-likeness (QED) is 0.288. The third kappa shape index (κ3) is 6.99. The number of hydrogen-bond acceptors (Lipinski definition) is 3. The van der Waals surface area contributed by atoms with Gasteiger partial charge in [-0.3, -0.25) is 0 Å². The molecule has 25 heavy (non-hydrogen) atoms. The highest BCUT2D eigenvalue weighted by Gasteiger charge is 2.34. The maximum absolute atomic E-state index is 13.4. The molecule has 1 fully saturated rings. The summed E-state index contributed by atoms with van der Waals surface area (Å²) in [5.74, 6) is 0.407. The summed E-state index contributed by atoms with van der Waals surface area (Å²) in [6.45, 7) is 5.31. The molecule has 2 rings (SSSR count). The molecule has 5 nitrogen and oxygen atoms in total. The Hall–Kier alpha value is -0.450. The minimum absolute atomic E-state index is 0. The second kappa shape index (κ2) is 11.3. The van der Waals surface area contributed by atoms with Crippen molar-refractivity contribution >= 4 is 45.9 Å². The minimum Gasteiger partial charge on any atom is -0.396 e. The van der Waals surface area contributed by atoms with E-state index in [1.807, 2.05) is 6.92 Å². The Morgan fingerprint density at radius 1 is 1.44 bits per heavy atom. The van der Waals surface area contributed by atoms with Crippen LogP contribution in [0.25, 0.3) is 0 Å². The highest BCUT2D eigenvalue weighted by Crippen LogP contribution is 2.31. The molecule has 0 bridgehead atoms. The van der Waals surface area contributed by atoms with Gasteiger partial charge in [0.15, 0.2) is 5.96 Å². The van der Waals surface area contributed by atoms with E-state index in [1.54, 1.807) is 6.07 Å². The Kier molecular flexibility index (Phi) is 10.2. The van der Waals surface area contributed by atoms with Gasteiger partial charge in [0.25, 0.3) is 0 Å². The maximum atomic E-state index is 13.4. The average Bonchev–Trinajstić information content (AvgIpc) is 3.02. The van der Waals surface area contributed by atoms with Crippen LogP contribution in [0.1, 0.15) is 25.3 Å². The van der Waals surface area contributed by atoms with E-state index < -0.39 is 0 Å². The van der Waals surface area contributed by atoms with Gasteiger partial charge in [-0.25, -0.2) is 9.38 Å². The minimum atomic E-state index is -0.272. The molecule has 1 aliphatic rings. The van der Waals surface area contributed by atoms with Crippen molar-refractivity contribution in [2.45, 2.75) is 26.3 Å². The summed E-state index contributed by atoms with van der Waals surface area (Å²) in [5, 5.41) is 15.8. The van der Waals surface area contributed by atoms with Gasteiger partial charge < -0.3 is 20.5 Å². The number of nitrogens with zero attached hydrogens (tertiary/aromatic N) is 1. The van der Waals surface area contributed by atoms with E-state index in [2.05, 4.69) is 31.6 Å². The van der Waals surface area contributed by atoms with Crippen molar-refractivity contribution in [1.82, 2.24) is 10.6 Å². The predicted molar refractivity (Wildman–Crippen MR) is 112 cm³/mol. The van der Waals surface area contributed by atoms with Gasteiger partial charge in [0.1, 0.15) is 5.82 Å². The largest absolute Gasteiger partial charge is 0.396 e. The normalized spacial score (nSPS) is 20.2. The SMILES string of the molecule is CCNC(=NCc1cc(F)ccc1Br)NCC1(CCO)CCOC1.I. The van der Waals surface area contributed by atoms with E-state index in [4.69, 9.17) is 4.74 Å². The Bertz CT molecular complexity index is 569. The Morgan fingerprint density at radius 2 is 2.24 bits per heavy atom. The summed E-state index contributed by atoms with van der Waals surface area (Å²) in [5.41, 5.74) is 0.742. The van der Waals surface area contributed by atoms with Gasteiger partial charge in [-0.15, -0.1) is 24.0 Å². The van der Waals surface area contributed by atoms with Crippen molar-refractivity contribution in [1.29, 1.82) is 0 Å². The second-order valence-corrected chi connectivity index (χ2v) is 6.91. The van der Waals surface area contributed by atoms with E-state index >= 15 is 0 Å². The molecular formula is C17H26BrFIN3O2. The van der Waals surface area contributed by atoms with Crippen LogP contribution in [0.4, 0.5) is 4.39 Å². The maximum Gasteiger partial charge on any atom is 0.191 e. The van der Waals surface area contributed by atoms with Gasteiger partial charge >= 0.3 is 0 Å². The lowest BCUT2D eigenvalue weighted by atomic mass is 9.84. The number of aliphatic hydroxyl groups excluding tert-OH is 1. The molecule has 1 saturated heterocycles. The number of benzene rings is 1. The number of ether oxygens (including phenoxy) is 1. The zero-order valence-corrected chi connectivity index (χ0v) is 18.3. The molecule has 1 aromatic carbocycles. The fourth-order valence-electron chi connectivity index (χ4n) is 2.75. The van der Waals surface area contributed by atoms with E-state index in [9.17, 15) is 9.50 Å². The summed E-state index contributed by atoms with van der Waals surface area (Å²) >= 11 is 3.42. The summed E-state index contributed by atoms with van der Waals surface area (Å²) in [6.07, 6.45) is 1.63. The summed E-state index contributed by atoms with van der Waals surface area (Å²) in [7, 11) is 0. The molecule has 0 spiro atoms. The second-order valence-electron chi connectivity index (χ2n) is 6.06.